The molecular formula is C10H6N4O. The lowest BCUT2D eigenvalue weighted by Crippen LogP contribution is -1.99. The number of nitrogens with one attached hydrogen (secondary N) is 1. The first-order chi connectivity index (χ1) is 7.34. The number of nitrogens with zero attached hydrogens (tertiary/aromatic N) is 3. The summed E-state index contributed by atoms with van der Waals surface area (Å²) in [6.07, 6.45) is 4.87. The van der Waals surface area contributed by atoms with Gasteiger partial charge in [-0.3, -0.25) is 9.97 Å². The van der Waals surface area contributed by atoms with Gasteiger partial charge in [-0.15, -0.1) is 0 Å². The molecule has 0 saturated heterocycles. The Hall–Kier alpha value is -2.30. The Morgan fingerprint density at radius 3 is 3.00 bits per heavy atom. The molecule has 0 radical (unpaired) electrons. The first kappa shape index (κ1) is 8.05. The zero-order valence-corrected chi connectivity index (χ0v) is 7.64. The first-order valence-electron chi connectivity index (χ1n) is 4.43. The van der Waals surface area contributed by atoms with Crippen molar-refractivity contribution in [2.45, 2.75) is 0 Å². The van der Waals surface area contributed by atoms with Gasteiger partial charge in [-0.05, 0) is 12.1 Å². The summed E-state index contributed by atoms with van der Waals surface area (Å²) in [5.41, 5.74) is 1.63. The van der Waals surface area contributed by atoms with E-state index in [9.17, 15) is 4.79 Å². The van der Waals surface area contributed by atoms with E-state index in [0.29, 0.717) is 16.6 Å². The minimum atomic E-state index is -0.348. The summed E-state index contributed by atoms with van der Waals surface area (Å²) >= 11 is 0. The molecule has 5 heteroatoms. The minimum absolute atomic E-state index is 0.348. The highest BCUT2D eigenvalue weighted by molar-refractivity contribution is 6.00. The monoisotopic (exact) mass is 198 g/mol. The highest BCUT2D eigenvalue weighted by Gasteiger charge is 2.04. The smallest absolute Gasteiger partial charge is 0.304 e. The average molecular weight is 198 g/mol. The van der Waals surface area contributed by atoms with Gasteiger partial charge in [0, 0.05) is 24.0 Å². The van der Waals surface area contributed by atoms with Crippen LogP contribution in [0.4, 0.5) is 0 Å². The van der Waals surface area contributed by atoms with Gasteiger partial charge in [0.05, 0.1) is 11.0 Å². The molecule has 0 unspecified atom stereocenters. The molecule has 0 fully saturated rings. The maximum Gasteiger partial charge on any atom is 0.346 e. The van der Waals surface area contributed by atoms with Crippen molar-refractivity contribution in [1.82, 2.24) is 19.9 Å². The quantitative estimate of drug-likeness (QED) is 0.581. The molecule has 0 aliphatic rings. The molecular weight excluding hydrogens is 192 g/mol. The molecule has 3 rings (SSSR count). The van der Waals surface area contributed by atoms with Crippen LogP contribution < -0.4 is 5.69 Å². The molecule has 3 aromatic rings. The third-order valence-corrected chi connectivity index (χ3v) is 2.21. The predicted molar refractivity (Wildman–Crippen MR) is 55.5 cm³/mol. The number of H-pyrrole nitrogens is 1. The Kier molecular flexibility index (Phi) is 1.53. The fraction of sp³-hybridized carbons (Fsp3) is 0. The summed E-state index contributed by atoms with van der Waals surface area (Å²) in [6, 6.07) is 3.66. The van der Waals surface area contributed by atoms with Gasteiger partial charge in [-0.1, -0.05) is 0 Å². The third kappa shape index (κ3) is 1.17. The summed E-state index contributed by atoms with van der Waals surface area (Å²) in [5.74, 6) is 0. The van der Waals surface area contributed by atoms with Crippen LogP contribution in [0.2, 0.25) is 0 Å². The van der Waals surface area contributed by atoms with Crippen LogP contribution in [0, 0.1) is 0 Å². The van der Waals surface area contributed by atoms with Crippen molar-refractivity contribution in [2.75, 3.05) is 0 Å². The second kappa shape index (κ2) is 2.84. The topological polar surface area (TPSA) is 71.5 Å². The SMILES string of the molecule is O=c1nc2c(ccc3cnccnc32)[nH]1. The molecule has 0 saturated carbocycles. The minimum Gasteiger partial charge on any atom is -0.304 e. The van der Waals surface area contributed by atoms with Crippen LogP contribution in [0.1, 0.15) is 0 Å². The Labute approximate surface area is 83.8 Å². The molecule has 5 nitrogen and oxygen atoms in total. The lowest BCUT2D eigenvalue weighted by atomic mass is 10.2. The van der Waals surface area contributed by atoms with Crippen molar-refractivity contribution in [3.05, 3.63) is 41.2 Å². The molecule has 0 spiro atoms. The zero-order valence-electron chi connectivity index (χ0n) is 7.64. The Balaban J connectivity index is 2.65. The van der Waals surface area contributed by atoms with Crippen molar-refractivity contribution in [2.24, 2.45) is 0 Å². The highest BCUT2D eigenvalue weighted by Crippen LogP contribution is 2.17. The fourth-order valence-corrected chi connectivity index (χ4v) is 1.56. The van der Waals surface area contributed by atoms with Gasteiger partial charge in [-0.25, -0.2) is 4.79 Å². The summed E-state index contributed by atoms with van der Waals surface area (Å²) < 4.78 is 0. The van der Waals surface area contributed by atoms with Crippen molar-refractivity contribution in [1.29, 1.82) is 0 Å². The van der Waals surface area contributed by atoms with Crippen molar-refractivity contribution in [3.63, 3.8) is 0 Å². The van der Waals surface area contributed by atoms with Gasteiger partial charge in [0.2, 0.25) is 0 Å². The van der Waals surface area contributed by atoms with Crippen LogP contribution in [-0.4, -0.2) is 19.9 Å². The van der Waals surface area contributed by atoms with Gasteiger partial charge >= 0.3 is 5.69 Å². The van der Waals surface area contributed by atoms with Gasteiger partial charge in [-0.2, -0.15) is 4.98 Å². The molecule has 2 heterocycles. The van der Waals surface area contributed by atoms with Gasteiger partial charge < -0.3 is 4.98 Å². The van der Waals surface area contributed by atoms with Crippen LogP contribution in [0.5, 0.6) is 0 Å². The first-order valence-corrected chi connectivity index (χ1v) is 4.43. The summed E-state index contributed by atoms with van der Waals surface area (Å²) in [5, 5.41) is 0.860. The highest BCUT2D eigenvalue weighted by atomic mass is 16.1. The van der Waals surface area contributed by atoms with E-state index in [1.54, 1.807) is 24.7 Å². The Bertz CT molecular complexity index is 704. The maximum absolute atomic E-state index is 11.1. The van der Waals surface area contributed by atoms with E-state index in [-0.39, 0.29) is 5.69 Å². The lowest BCUT2D eigenvalue weighted by Gasteiger charge is -1.91. The Morgan fingerprint density at radius 2 is 2.07 bits per heavy atom. The number of rotatable bonds is 0. The normalized spacial score (nSPS) is 10.9. The van der Waals surface area contributed by atoms with E-state index in [4.69, 9.17) is 0 Å². The Morgan fingerprint density at radius 1 is 1.13 bits per heavy atom. The largest absolute Gasteiger partial charge is 0.346 e. The molecule has 0 atom stereocenters. The number of benzene rings is 1. The van der Waals surface area contributed by atoms with Crippen LogP contribution in [0.3, 0.4) is 0 Å². The van der Waals surface area contributed by atoms with Crippen LogP contribution in [-0.2, 0) is 0 Å². The summed E-state index contributed by atoms with van der Waals surface area (Å²) in [7, 11) is 0. The van der Waals surface area contributed by atoms with E-state index >= 15 is 0 Å². The molecule has 2 aromatic heterocycles. The standard InChI is InChI=1S/C10H6N4O/c15-10-13-7-2-1-6-5-11-3-4-12-8(6)9(7)14-10/h1-5H,(H,13,14,15). The number of fused-ring (bicyclic) bond motifs is 3. The predicted octanol–water partition coefficient (Wildman–Crippen LogP) is 0.866. The molecule has 72 valence electrons. The van der Waals surface area contributed by atoms with Gasteiger partial charge in [0.15, 0.2) is 0 Å². The average Bonchev–Trinajstić information content (AvgIpc) is 2.48. The number of aromatic amines is 1. The van der Waals surface area contributed by atoms with E-state index < -0.39 is 0 Å². The summed E-state index contributed by atoms with van der Waals surface area (Å²) in [4.78, 5) is 25.8. The van der Waals surface area contributed by atoms with Gasteiger partial charge in [0.1, 0.15) is 5.52 Å². The number of imidazole rings is 1. The van der Waals surface area contributed by atoms with Crippen LogP contribution in [0.15, 0.2) is 35.5 Å². The van der Waals surface area contributed by atoms with Crippen molar-refractivity contribution < 1.29 is 0 Å². The molecule has 1 aromatic carbocycles. The number of hydrogen-bond donors (Lipinski definition) is 1. The zero-order chi connectivity index (χ0) is 10.3. The van der Waals surface area contributed by atoms with E-state index in [1.165, 1.54) is 0 Å². The van der Waals surface area contributed by atoms with Crippen LogP contribution >= 0.6 is 0 Å². The molecule has 0 aliphatic carbocycles. The third-order valence-electron chi connectivity index (χ3n) is 2.21. The van der Waals surface area contributed by atoms with E-state index in [1.807, 2.05) is 6.07 Å². The molecule has 0 amide bonds. The van der Waals surface area contributed by atoms with Crippen LogP contribution in [0.25, 0.3) is 21.9 Å². The van der Waals surface area contributed by atoms with Crippen molar-refractivity contribution >= 4 is 21.9 Å². The van der Waals surface area contributed by atoms with E-state index in [2.05, 4.69) is 19.9 Å². The molecule has 0 bridgehead atoms. The summed E-state index contributed by atoms with van der Waals surface area (Å²) in [6.45, 7) is 0. The molecule has 15 heavy (non-hydrogen) atoms. The fourth-order valence-electron chi connectivity index (χ4n) is 1.56. The number of hydrogen-bond acceptors (Lipinski definition) is 4. The molecule has 0 aliphatic heterocycles. The second-order valence-corrected chi connectivity index (χ2v) is 3.15. The van der Waals surface area contributed by atoms with E-state index in [0.717, 1.165) is 5.39 Å². The number of aromatic nitrogens is 4. The molecule has 1 N–H and O–H groups in total. The maximum atomic E-state index is 11.1. The van der Waals surface area contributed by atoms with Gasteiger partial charge in [0.25, 0.3) is 0 Å². The van der Waals surface area contributed by atoms with Crippen molar-refractivity contribution in [3.8, 4) is 0 Å². The second-order valence-electron chi connectivity index (χ2n) is 3.15. The lowest BCUT2D eigenvalue weighted by molar-refractivity contribution is 1.21.